The Balaban J connectivity index is 1.87. The van der Waals surface area contributed by atoms with Gasteiger partial charge in [0.05, 0.1) is 24.5 Å². The third-order valence-electron chi connectivity index (χ3n) is 3.20. The third-order valence-corrected chi connectivity index (χ3v) is 3.43. The summed E-state index contributed by atoms with van der Waals surface area (Å²) in [5.74, 6) is 0.780. The van der Waals surface area contributed by atoms with Gasteiger partial charge in [0.2, 0.25) is 0 Å². The SMILES string of the molecule is COc1ccc2nccc(NN=Cc3cccc(Cl)c3)c2c1. The smallest absolute Gasteiger partial charge is 0.119 e. The molecule has 0 aliphatic rings. The van der Waals surface area contributed by atoms with Gasteiger partial charge in [-0.25, -0.2) is 0 Å². The van der Waals surface area contributed by atoms with E-state index in [1.807, 2.05) is 48.5 Å². The molecule has 0 saturated carbocycles. The van der Waals surface area contributed by atoms with Gasteiger partial charge in [0.1, 0.15) is 5.75 Å². The molecule has 0 radical (unpaired) electrons. The second-order valence-corrected chi connectivity index (χ2v) is 5.10. The number of rotatable bonds is 4. The van der Waals surface area contributed by atoms with Gasteiger partial charge in [-0.1, -0.05) is 23.7 Å². The molecule has 0 amide bonds. The maximum atomic E-state index is 5.95. The number of halogens is 1. The average molecular weight is 312 g/mol. The number of nitrogens with one attached hydrogen (secondary N) is 1. The van der Waals surface area contributed by atoms with Crippen LogP contribution in [0, 0.1) is 0 Å². The highest BCUT2D eigenvalue weighted by molar-refractivity contribution is 6.30. The first-order chi connectivity index (χ1) is 10.8. The zero-order valence-electron chi connectivity index (χ0n) is 12.0. The lowest BCUT2D eigenvalue weighted by Crippen LogP contribution is -1.93. The Morgan fingerprint density at radius 1 is 1.18 bits per heavy atom. The fraction of sp³-hybridized carbons (Fsp3) is 0.0588. The fourth-order valence-corrected chi connectivity index (χ4v) is 2.31. The Labute approximate surface area is 133 Å². The van der Waals surface area contributed by atoms with E-state index in [-0.39, 0.29) is 0 Å². The van der Waals surface area contributed by atoms with Crippen molar-refractivity contribution in [1.29, 1.82) is 0 Å². The predicted molar refractivity (Wildman–Crippen MR) is 91.0 cm³/mol. The summed E-state index contributed by atoms with van der Waals surface area (Å²) in [5, 5.41) is 5.89. The molecular formula is C17H14ClN3O. The first-order valence-electron chi connectivity index (χ1n) is 6.74. The summed E-state index contributed by atoms with van der Waals surface area (Å²) in [6.07, 6.45) is 3.46. The molecular weight excluding hydrogens is 298 g/mol. The second kappa shape index (κ2) is 6.45. The molecule has 0 fully saturated rings. The highest BCUT2D eigenvalue weighted by atomic mass is 35.5. The summed E-state index contributed by atoms with van der Waals surface area (Å²) in [5.41, 5.74) is 5.71. The minimum atomic E-state index is 0.683. The van der Waals surface area contributed by atoms with Crippen molar-refractivity contribution in [1.82, 2.24) is 4.98 Å². The summed E-state index contributed by atoms with van der Waals surface area (Å²) in [6, 6.07) is 15.1. The van der Waals surface area contributed by atoms with Crippen LogP contribution in [0.25, 0.3) is 10.9 Å². The third kappa shape index (κ3) is 3.18. The van der Waals surface area contributed by atoms with Crippen LogP contribution >= 0.6 is 11.6 Å². The highest BCUT2D eigenvalue weighted by Crippen LogP contribution is 2.25. The molecule has 22 heavy (non-hydrogen) atoms. The van der Waals surface area contributed by atoms with Crippen LogP contribution in [0.3, 0.4) is 0 Å². The summed E-state index contributed by atoms with van der Waals surface area (Å²) in [6.45, 7) is 0. The van der Waals surface area contributed by atoms with Crippen molar-refractivity contribution in [2.24, 2.45) is 5.10 Å². The van der Waals surface area contributed by atoms with Crippen LogP contribution in [0.15, 0.2) is 59.8 Å². The lowest BCUT2D eigenvalue weighted by molar-refractivity contribution is 0.415. The number of pyridine rings is 1. The number of nitrogens with zero attached hydrogens (tertiary/aromatic N) is 2. The Morgan fingerprint density at radius 3 is 2.91 bits per heavy atom. The normalized spacial score (nSPS) is 11.0. The Hall–Kier alpha value is -2.59. The standard InChI is InChI=1S/C17H14ClN3O/c1-22-14-5-6-16-15(10-14)17(7-8-19-16)21-20-11-12-3-2-4-13(18)9-12/h2-11H,1H3,(H,19,21). The van der Waals surface area contributed by atoms with Crippen LogP contribution in [0.5, 0.6) is 5.75 Å². The molecule has 3 aromatic rings. The second-order valence-electron chi connectivity index (χ2n) is 4.67. The zero-order chi connectivity index (χ0) is 15.4. The zero-order valence-corrected chi connectivity index (χ0v) is 12.7. The van der Waals surface area contributed by atoms with Gasteiger partial charge in [0, 0.05) is 16.6 Å². The quantitative estimate of drug-likeness (QED) is 0.576. The van der Waals surface area contributed by atoms with Crippen LogP contribution in [-0.4, -0.2) is 18.3 Å². The Kier molecular flexibility index (Phi) is 4.21. The molecule has 1 heterocycles. The molecule has 1 N–H and O–H groups in total. The van der Waals surface area contributed by atoms with E-state index in [1.54, 1.807) is 19.5 Å². The van der Waals surface area contributed by atoms with Crippen LogP contribution in [0.1, 0.15) is 5.56 Å². The molecule has 3 rings (SSSR count). The Morgan fingerprint density at radius 2 is 2.09 bits per heavy atom. The molecule has 0 bridgehead atoms. The van der Waals surface area contributed by atoms with Gasteiger partial charge in [0.15, 0.2) is 0 Å². The number of anilines is 1. The Bertz CT molecular complexity index is 833. The van der Waals surface area contributed by atoms with Crippen molar-refractivity contribution in [2.45, 2.75) is 0 Å². The molecule has 0 aliphatic heterocycles. The lowest BCUT2D eigenvalue weighted by atomic mass is 10.2. The van der Waals surface area contributed by atoms with Crippen molar-refractivity contribution < 1.29 is 4.74 Å². The molecule has 5 heteroatoms. The average Bonchev–Trinajstić information content (AvgIpc) is 2.55. The predicted octanol–water partition coefficient (Wildman–Crippen LogP) is 4.34. The number of hydrogen-bond acceptors (Lipinski definition) is 4. The minimum absolute atomic E-state index is 0.683. The summed E-state index contributed by atoms with van der Waals surface area (Å²) >= 11 is 5.95. The van der Waals surface area contributed by atoms with E-state index in [0.29, 0.717) is 5.02 Å². The van der Waals surface area contributed by atoms with Crippen molar-refractivity contribution in [3.05, 3.63) is 65.3 Å². The van der Waals surface area contributed by atoms with E-state index in [2.05, 4.69) is 15.5 Å². The number of hydrogen-bond donors (Lipinski definition) is 1. The summed E-state index contributed by atoms with van der Waals surface area (Å²) in [4.78, 5) is 4.33. The van der Waals surface area contributed by atoms with Crippen molar-refractivity contribution in [3.63, 3.8) is 0 Å². The summed E-state index contributed by atoms with van der Waals surface area (Å²) < 4.78 is 5.26. The molecule has 0 unspecified atom stereocenters. The van der Waals surface area contributed by atoms with Gasteiger partial charge < -0.3 is 4.74 Å². The molecule has 0 saturated heterocycles. The largest absolute Gasteiger partial charge is 0.497 e. The molecule has 4 nitrogen and oxygen atoms in total. The number of fused-ring (bicyclic) bond motifs is 1. The van der Waals surface area contributed by atoms with E-state index in [1.165, 1.54) is 0 Å². The van der Waals surface area contributed by atoms with Crippen molar-refractivity contribution >= 4 is 34.4 Å². The van der Waals surface area contributed by atoms with Crippen LogP contribution in [0.2, 0.25) is 5.02 Å². The van der Waals surface area contributed by atoms with Crippen LogP contribution in [-0.2, 0) is 0 Å². The van der Waals surface area contributed by atoms with Crippen LogP contribution in [0.4, 0.5) is 5.69 Å². The number of methoxy groups -OCH3 is 1. The van der Waals surface area contributed by atoms with Crippen molar-refractivity contribution in [2.75, 3.05) is 12.5 Å². The van der Waals surface area contributed by atoms with Gasteiger partial charge in [-0.2, -0.15) is 5.10 Å². The van der Waals surface area contributed by atoms with Crippen LogP contribution < -0.4 is 10.2 Å². The van der Waals surface area contributed by atoms with E-state index in [4.69, 9.17) is 16.3 Å². The number of ether oxygens (including phenoxy) is 1. The number of hydrazone groups is 1. The van der Waals surface area contributed by atoms with Gasteiger partial charge in [-0.3, -0.25) is 10.4 Å². The fourth-order valence-electron chi connectivity index (χ4n) is 2.11. The maximum absolute atomic E-state index is 5.95. The minimum Gasteiger partial charge on any atom is -0.497 e. The van der Waals surface area contributed by atoms with Gasteiger partial charge in [-0.15, -0.1) is 0 Å². The first-order valence-corrected chi connectivity index (χ1v) is 7.11. The topological polar surface area (TPSA) is 46.5 Å². The van der Waals surface area contributed by atoms with E-state index in [0.717, 1.165) is 27.9 Å². The molecule has 0 spiro atoms. The van der Waals surface area contributed by atoms with E-state index < -0.39 is 0 Å². The van der Waals surface area contributed by atoms with Gasteiger partial charge in [-0.05, 0) is 42.0 Å². The number of aromatic nitrogens is 1. The first kappa shape index (κ1) is 14.4. The molecule has 0 aliphatic carbocycles. The highest BCUT2D eigenvalue weighted by Gasteiger charge is 2.02. The molecule has 0 atom stereocenters. The number of benzene rings is 2. The van der Waals surface area contributed by atoms with Crippen molar-refractivity contribution in [3.8, 4) is 5.75 Å². The molecule has 2 aromatic carbocycles. The van der Waals surface area contributed by atoms with Gasteiger partial charge in [0.25, 0.3) is 0 Å². The molecule has 1 aromatic heterocycles. The lowest BCUT2D eigenvalue weighted by Gasteiger charge is -2.07. The van der Waals surface area contributed by atoms with E-state index in [9.17, 15) is 0 Å². The maximum Gasteiger partial charge on any atom is 0.119 e. The monoisotopic (exact) mass is 311 g/mol. The molecule has 110 valence electrons. The van der Waals surface area contributed by atoms with E-state index >= 15 is 0 Å². The van der Waals surface area contributed by atoms with Gasteiger partial charge >= 0.3 is 0 Å². The summed E-state index contributed by atoms with van der Waals surface area (Å²) in [7, 11) is 1.64.